The van der Waals surface area contributed by atoms with Gasteiger partial charge in [-0.3, -0.25) is 19.1 Å². The molecule has 32 heavy (non-hydrogen) atoms. The molecule has 10 nitrogen and oxygen atoms in total. The molecular weight excluding hydrogens is 412 g/mol. The second-order valence-electron chi connectivity index (χ2n) is 9.02. The number of urea groups is 1. The SMILES string of the molecule is O=C(NC1CCCCC1)N1CCN(C(=O)c2cnc3c(c2)c(=O)[nH]c(=O)n3C2CC2)CC1. The number of piperazine rings is 1. The summed E-state index contributed by atoms with van der Waals surface area (Å²) in [5, 5.41) is 3.37. The maximum atomic E-state index is 13.0. The highest BCUT2D eigenvalue weighted by Crippen LogP contribution is 2.34. The van der Waals surface area contributed by atoms with E-state index in [2.05, 4.69) is 15.3 Å². The Labute approximate surface area is 184 Å². The third kappa shape index (κ3) is 4.01. The minimum atomic E-state index is -0.534. The van der Waals surface area contributed by atoms with Crippen LogP contribution in [0, 0.1) is 0 Å². The molecule has 0 aromatic carbocycles. The smallest absolute Gasteiger partial charge is 0.330 e. The van der Waals surface area contributed by atoms with Crippen LogP contribution < -0.4 is 16.6 Å². The van der Waals surface area contributed by atoms with Crippen LogP contribution in [0.2, 0.25) is 0 Å². The molecule has 0 spiro atoms. The Morgan fingerprint density at radius 1 is 0.969 bits per heavy atom. The molecule has 3 amide bonds. The van der Waals surface area contributed by atoms with Crippen molar-refractivity contribution in [2.75, 3.05) is 26.2 Å². The maximum absolute atomic E-state index is 13.0. The van der Waals surface area contributed by atoms with E-state index in [4.69, 9.17) is 0 Å². The van der Waals surface area contributed by atoms with E-state index in [0.29, 0.717) is 37.4 Å². The van der Waals surface area contributed by atoms with E-state index >= 15 is 0 Å². The Morgan fingerprint density at radius 2 is 1.66 bits per heavy atom. The average molecular weight is 441 g/mol. The number of pyridine rings is 1. The Kier molecular flexibility index (Phi) is 5.44. The summed E-state index contributed by atoms with van der Waals surface area (Å²) >= 11 is 0. The quantitative estimate of drug-likeness (QED) is 0.744. The second-order valence-corrected chi connectivity index (χ2v) is 9.02. The molecule has 0 bridgehead atoms. The van der Waals surface area contributed by atoms with Gasteiger partial charge in [0, 0.05) is 44.5 Å². The largest absolute Gasteiger partial charge is 0.335 e. The van der Waals surface area contributed by atoms with Gasteiger partial charge in [0.15, 0.2) is 0 Å². The van der Waals surface area contributed by atoms with Crippen molar-refractivity contribution in [3.8, 4) is 0 Å². The highest BCUT2D eigenvalue weighted by atomic mass is 16.2. The van der Waals surface area contributed by atoms with Crippen LogP contribution in [-0.2, 0) is 0 Å². The Morgan fingerprint density at radius 3 is 2.34 bits per heavy atom. The number of carbonyl (C=O) groups is 2. The van der Waals surface area contributed by atoms with Crippen LogP contribution >= 0.6 is 0 Å². The summed E-state index contributed by atoms with van der Waals surface area (Å²) in [7, 11) is 0. The first-order chi connectivity index (χ1) is 15.5. The molecule has 1 saturated heterocycles. The molecule has 0 atom stereocenters. The fraction of sp³-hybridized carbons (Fsp3) is 0.591. The number of H-pyrrole nitrogens is 1. The predicted octanol–water partition coefficient (Wildman–Crippen LogP) is 1.22. The number of nitrogens with one attached hydrogen (secondary N) is 2. The normalized spacial score (nSPS) is 19.9. The maximum Gasteiger partial charge on any atom is 0.330 e. The van der Waals surface area contributed by atoms with Crippen molar-refractivity contribution in [3.05, 3.63) is 38.7 Å². The number of hydrogen-bond donors (Lipinski definition) is 2. The van der Waals surface area contributed by atoms with Crippen molar-refractivity contribution in [2.45, 2.75) is 57.0 Å². The molecular formula is C22H28N6O4. The molecule has 170 valence electrons. The molecule has 2 N–H and O–H groups in total. The van der Waals surface area contributed by atoms with Crippen molar-refractivity contribution in [2.24, 2.45) is 0 Å². The van der Waals surface area contributed by atoms with Crippen molar-refractivity contribution >= 4 is 23.0 Å². The van der Waals surface area contributed by atoms with Gasteiger partial charge in [0.25, 0.3) is 11.5 Å². The summed E-state index contributed by atoms with van der Waals surface area (Å²) < 4.78 is 1.51. The number of aromatic nitrogens is 3. The Balaban J connectivity index is 1.26. The molecule has 2 saturated carbocycles. The zero-order valence-corrected chi connectivity index (χ0v) is 18.0. The fourth-order valence-electron chi connectivity index (χ4n) is 4.73. The number of aromatic amines is 1. The fourth-order valence-corrected chi connectivity index (χ4v) is 4.73. The van der Waals surface area contributed by atoms with Gasteiger partial charge in [-0.15, -0.1) is 0 Å². The predicted molar refractivity (Wildman–Crippen MR) is 118 cm³/mol. The van der Waals surface area contributed by atoms with Gasteiger partial charge in [-0.1, -0.05) is 19.3 Å². The molecule has 2 aromatic rings. The third-order valence-corrected chi connectivity index (χ3v) is 6.72. The van der Waals surface area contributed by atoms with Crippen LogP contribution in [0.3, 0.4) is 0 Å². The molecule has 10 heteroatoms. The van der Waals surface area contributed by atoms with Gasteiger partial charge in [-0.2, -0.15) is 0 Å². The topological polar surface area (TPSA) is 120 Å². The minimum absolute atomic E-state index is 0.0547. The molecule has 0 unspecified atom stereocenters. The summed E-state index contributed by atoms with van der Waals surface area (Å²) in [5.41, 5.74) is -0.362. The number of carbonyl (C=O) groups excluding carboxylic acids is 2. The average Bonchev–Trinajstić information content (AvgIpc) is 3.64. The standard InChI is InChI=1S/C22H28N6O4/c29-19-17-12-14(13-23-18(17)28(16-6-7-16)22(32)25-19)20(30)26-8-10-27(11-9-26)21(31)24-15-4-2-1-3-5-15/h12-13,15-16H,1-11H2,(H,24,31)(H,25,29,32). The first kappa shape index (κ1) is 20.7. The molecule has 5 rings (SSSR count). The first-order valence-electron chi connectivity index (χ1n) is 11.5. The van der Waals surface area contributed by atoms with Gasteiger partial charge in [0.1, 0.15) is 5.65 Å². The Hall–Kier alpha value is -3.17. The molecule has 1 aliphatic heterocycles. The summed E-state index contributed by atoms with van der Waals surface area (Å²) in [6.45, 7) is 1.78. The van der Waals surface area contributed by atoms with E-state index in [1.54, 1.807) is 9.80 Å². The summed E-state index contributed by atoms with van der Waals surface area (Å²) in [6.07, 6.45) is 8.81. The third-order valence-electron chi connectivity index (χ3n) is 6.72. The summed E-state index contributed by atoms with van der Waals surface area (Å²) in [4.78, 5) is 60.2. The van der Waals surface area contributed by atoms with E-state index < -0.39 is 11.2 Å². The van der Waals surface area contributed by atoms with Crippen molar-refractivity contribution in [3.63, 3.8) is 0 Å². The molecule has 2 aromatic heterocycles. The number of amides is 3. The molecule has 3 heterocycles. The van der Waals surface area contributed by atoms with Gasteiger partial charge in [-0.05, 0) is 31.7 Å². The van der Waals surface area contributed by atoms with Crippen LogP contribution in [0.5, 0.6) is 0 Å². The lowest BCUT2D eigenvalue weighted by Crippen LogP contribution is -2.54. The lowest BCUT2D eigenvalue weighted by molar-refractivity contribution is 0.0662. The Bertz CT molecular complexity index is 1150. The number of rotatable bonds is 3. The van der Waals surface area contributed by atoms with E-state index in [0.717, 1.165) is 38.5 Å². The second kappa shape index (κ2) is 8.40. The highest BCUT2D eigenvalue weighted by molar-refractivity contribution is 5.97. The van der Waals surface area contributed by atoms with Crippen LogP contribution in [0.25, 0.3) is 11.0 Å². The van der Waals surface area contributed by atoms with Crippen molar-refractivity contribution < 1.29 is 9.59 Å². The number of fused-ring (bicyclic) bond motifs is 1. The molecule has 3 aliphatic rings. The first-order valence-corrected chi connectivity index (χ1v) is 11.5. The van der Waals surface area contributed by atoms with E-state index in [-0.39, 0.29) is 29.4 Å². The molecule has 0 radical (unpaired) electrons. The van der Waals surface area contributed by atoms with Gasteiger partial charge in [0.2, 0.25) is 0 Å². The minimum Gasteiger partial charge on any atom is -0.335 e. The zero-order chi connectivity index (χ0) is 22.2. The van der Waals surface area contributed by atoms with Crippen molar-refractivity contribution in [1.29, 1.82) is 0 Å². The van der Waals surface area contributed by atoms with Crippen LogP contribution in [0.4, 0.5) is 4.79 Å². The van der Waals surface area contributed by atoms with E-state index in [9.17, 15) is 19.2 Å². The molecule has 2 aliphatic carbocycles. The molecule has 3 fully saturated rings. The lowest BCUT2D eigenvalue weighted by Gasteiger charge is -2.36. The van der Waals surface area contributed by atoms with Gasteiger partial charge in [0.05, 0.1) is 10.9 Å². The van der Waals surface area contributed by atoms with Crippen LogP contribution in [0.1, 0.15) is 61.3 Å². The summed E-state index contributed by atoms with van der Waals surface area (Å²) in [6, 6.07) is 1.78. The van der Waals surface area contributed by atoms with E-state index in [1.165, 1.54) is 23.3 Å². The van der Waals surface area contributed by atoms with E-state index in [1.807, 2.05) is 0 Å². The van der Waals surface area contributed by atoms with Gasteiger partial charge < -0.3 is 15.1 Å². The number of hydrogen-bond acceptors (Lipinski definition) is 5. The monoisotopic (exact) mass is 440 g/mol. The van der Waals surface area contributed by atoms with Crippen LogP contribution in [0.15, 0.2) is 21.9 Å². The summed E-state index contributed by atoms with van der Waals surface area (Å²) in [5.74, 6) is -0.227. The lowest BCUT2D eigenvalue weighted by atomic mass is 9.96. The highest BCUT2D eigenvalue weighted by Gasteiger charge is 2.29. The number of nitrogens with zero attached hydrogens (tertiary/aromatic N) is 4. The van der Waals surface area contributed by atoms with Crippen molar-refractivity contribution in [1.82, 2.24) is 29.7 Å². The van der Waals surface area contributed by atoms with Gasteiger partial charge in [-0.25, -0.2) is 14.6 Å². The van der Waals surface area contributed by atoms with Crippen LogP contribution in [-0.4, -0.2) is 68.5 Å². The zero-order valence-electron chi connectivity index (χ0n) is 18.0. The van der Waals surface area contributed by atoms with Gasteiger partial charge >= 0.3 is 11.7 Å².